The Balaban J connectivity index is 1.81. The van der Waals surface area contributed by atoms with Gasteiger partial charge in [0.1, 0.15) is 6.61 Å². The molecule has 23 heavy (non-hydrogen) atoms. The first kappa shape index (κ1) is 16.5. The average molecular weight is 339 g/mol. The minimum atomic E-state index is -1.30. The van der Waals surface area contributed by atoms with Crippen LogP contribution in [0, 0.1) is 0 Å². The minimum absolute atomic E-state index is 0.245. The van der Waals surface area contributed by atoms with Crippen molar-refractivity contribution in [2.75, 3.05) is 13.1 Å². The minimum Gasteiger partial charge on any atom is -0.445 e. The van der Waals surface area contributed by atoms with E-state index in [0.29, 0.717) is 25.9 Å². The molecule has 1 heterocycles. The molecule has 0 aliphatic carbocycles. The number of benzene rings is 1. The summed E-state index contributed by atoms with van der Waals surface area (Å²) in [5.74, 6) is 0. The first-order valence-electron chi connectivity index (χ1n) is 8.35. The summed E-state index contributed by atoms with van der Waals surface area (Å²) < 4.78 is 28.4. The van der Waals surface area contributed by atoms with Gasteiger partial charge < -0.3 is 9.64 Å². The molecule has 1 atom stereocenters. The van der Waals surface area contributed by atoms with Crippen LogP contribution < -0.4 is 4.72 Å². The predicted octanol–water partition coefficient (Wildman–Crippen LogP) is 2.84. The number of rotatable bonds is 4. The molecular weight excluding hydrogens is 312 g/mol. The van der Waals surface area contributed by atoms with Gasteiger partial charge in [0.2, 0.25) is 0 Å². The van der Waals surface area contributed by atoms with Crippen molar-refractivity contribution in [1.29, 1.82) is 0 Å². The molecule has 1 unspecified atom stereocenters. The number of ether oxygens (including phenoxy) is 1. The monoisotopic (exact) mass is 339 g/mol. The molecule has 1 saturated heterocycles. The lowest BCUT2D eigenvalue weighted by atomic mass is 10.1. The lowest BCUT2D eigenvalue weighted by Crippen LogP contribution is -2.47. The molecule has 1 N–H and O–H groups in total. The van der Waals surface area contributed by atoms with Crippen LogP contribution in [-0.2, 0) is 22.3 Å². The van der Waals surface area contributed by atoms with E-state index < -0.39 is 21.8 Å². The smallest absolute Gasteiger partial charge is 0.410 e. The first-order chi connectivity index (χ1) is 11.2. The average Bonchev–Trinajstić information content (AvgIpc) is 2.53. The predicted molar refractivity (Wildman–Crippen MR) is 92.3 cm³/mol. The van der Waals surface area contributed by atoms with E-state index in [1.807, 2.05) is 51.1 Å². The van der Waals surface area contributed by atoms with Crippen LogP contribution in [0.1, 0.15) is 40.5 Å². The number of piperidine rings is 1. The zero-order valence-electron chi connectivity index (χ0n) is 15.0. The summed E-state index contributed by atoms with van der Waals surface area (Å²) >= 11 is 0. The van der Waals surface area contributed by atoms with Gasteiger partial charge >= 0.3 is 6.09 Å². The highest BCUT2D eigenvalue weighted by atomic mass is 32.2. The molecule has 1 aromatic rings. The topological polar surface area (TPSA) is 58.6 Å². The van der Waals surface area contributed by atoms with Crippen LogP contribution in [0.5, 0.6) is 0 Å². The molecule has 1 fully saturated rings. The summed E-state index contributed by atoms with van der Waals surface area (Å²) in [5.41, 5.74) is 0.944. The van der Waals surface area contributed by atoms with Gasteiger partial charge in [0.05, 0.1) is 15.7 Å². The summed E-state index contributed by atoms with van der Waals surface area (Å²) in [4.78, 5) is 13.7. The number of carbonyl (C=O) groups excluding carboxylic acids is 1. The van der Waals surface area contributed by atoms with Crippen molar-refractivity contribution in [2.45, 2.75) is 51.0 Å². The molecular formula is C17H26N2O3S. The van der Waals surface area contributed by atoms with Crippen LogP contribution in [0.15, 0.2) is 30.3 Å². The molecule has 1 aliphatic heterocycles. The van der Waals surface area contributed by atoms with E-state index in [1.54, 1.807) is 4.90 Å². The third kappa shape index (κ3) is 5.62. The van der Waals surface area contributed by atoms with Crippen molar-refractivity contribution in [3.8, 4) is 0 Å². The first-order valence-corrected chi connectivity index (χ1v) is 9.00. The Morgan fingerprint density at radius 2 is 1.96 bits per heavy atom. The highest BCUT2D eigenvalue weighted by molar-refractivity contribution is 7.84. The van der Waals surface area contributed by atoms with Crippen LogP contribution in [0.3, 0.4) is 0 Å². The Kier molecular flexibility index (Phi) is 5.67. The van der Waals surface area contributed by atoms with Gasteiger partial charge in [0.25, 0.3) is 0 Å². The SMILES string of the molecule is [2H]C1(NS(=O)C(C)(C)C)CCN(C(=O)OCc2ccccc2)CC1. The third-order valence-electron chi connectivity index (χ3n) is 3.62. The van der Waals surface area contributed by atoms with E-state index in [1.165, 1.54) is 0 Å². The maximum atomic E-state index is 12.2. The molecule has 0 radical (unpaired) electrons. The van der Waals surface area contributed by atoms with Gasteiger partial charge in [-0.2, -0.15) is 0 Å². The normalized spacial score (nSPS) is 19.8. The molecule has 0 spiro atoms. The highest BCUT2D eigenvalue weighted by Gasteiger charge is 2.27. The lowest BCUT2D eigenvalue weighted by Gasteiger charge is -2.32. The van der Waals surface area contributed by atoms with Crippen LogP contribution in [0.25, 0.3) is 0 Å². The van der Waals surface area contributed by atoms with Crippen molar-refractivity contribution in [1.82, 2.24) is 9.62 Å². The number of carbonyl (C=O) groups is 1. The zero-order chi connectivity index (χ0) is 17.8. The Bertz CT molecular complexity index is 581. The van der Waals surface area contributed by atoms with Crippen LogP contribution >= 0.6 is 0 Å². The van der Waals surface area contributed by atoms with Crippen molar-refractivity contribution < 1.29 is 15.1 Å². The second kappa shape index (κ2) is 7.93. The summed E-state index contributed by atoms with van der Waals surface area (Å²) in [5, 5.41) is 0. The van der Waals surface area contributed by atoms with Crippen LogP contribution in [0.2, 0.25) is 0 Å². The quantitative estimate of drug-likeness (QED) is 0.918. The molecule has 5 nitrogen and oxygen atoms in total. The maximum Gasteiger partial charge on any atom is 0.410 e. The molecule has 1 aliphatic rings. The number of amides is 1. The Morgan fingerprint density at radius 1 is 1.35 bits per heavy atom. The number of nitrogens with one attached hydrogen (secondary N) is 1. The number of likely N-dealkylation sites (tertiary alicyclic amines) is 1. The fourth-order valence-corrected chi connectivity index (χ4v) is 2.93. The van der Waals surface area contributed by atoms with E-state index in [0.717, 1.165) is 5.56 Å². The van der Waals surface area contributed by atoms with E-state index in [9.17, 15) is 9.00 Å². The molecule has 0 aromatic heterocycles. The summed E-state index contributed by atoms with van der Waals surface area (Å²) in [6.45, 7) is 6.70. The molecule has 1 aromatic carbocycles. The number of nitrogens with zero attached hydrogens (tertiary/aromatic N) is 1. The molecule has 2 rings (SSSR count). The van der Waals surface area contributed by atoms with Crippen molar-refractivity contribution in [3.63, 3.8) is 0 Å². The second-order valence-electron chi connectivity index (χ2n) is 6.61. The van der Waals surface area contributed by atoms with Gasteiger partial charge in [-0.3, -0.25) is 0 Å². The highest BCUT2D eigenvalue weighted by Crippen LogP contribution is 2.16. The third-order valence-corrected chi connectivity index (χ3v) is 5.21. The fraction of sp³-hybridized carbons (Fsp3) is 0.588. The number of hydrogen-bond acceptors (Lipinski definition) is 3. The summed E-state index contributed by atoms with van der Waals surface area (Å²) in [6.07, 6.45) is 0.489. The van der Waals surface area contributed by atoms with Crippen molar-refractivity contribution in [2.24, 2.45) is 0 Å². The molecule has 1 amide bonds. The van der Waals surface area contributed by atoms with E-state index in [-0.39, 0.29) is 12.7 Å². The van der Waals surface area contributed by atoms with E-state index in [4.69, 9.17) is 6.11 Å². The van der Waals surface area contributed by atoms with Gasteiger partial charge in [-0.15, -0.1) is 0 Å². The Morgan fingerprint density at radius 3 is 2.52 bits per heavy atom. The molecule has 0 bridgehead atoms. The van der Waals surface area contributed by atoms with E-state index >= 15 is 0 Å². The van der Waals surface area contributed by atoms with Crippen LogP contribution in [0.4, 0.5) is 4.79 Å². The lowest BCUT2D eigenvalue weighted by molar-refractivity contribution is 0.0866. The standard InChI is InChI=1S/C17H26N2O3S/c1-17(2,3)23(21)18-15-9-11-19(12-10-15)16(20)22-13-14-7-5-4-6-8-14/h4-8,15,18H,9-13H2,1-3H3/i15D. The Hall–Kier alpha value is -1.40. The Labute approximate surface area is 142 Å². The van der Waals surface area contributed by atoms with Gasteiger partial charge in [-0.05, 0) is 39.2 Å². The van der Waals surface area contributed by atoms with Gasteiger partial charge in [-0.25, -0.2) is 13.7 Å². The second-order valence-corrected chi connectivity index (χ2v) is 8.58. The molecule has 0 saturated carbocycles. The summed E-state index contributed by atoms with van der Waals surface area (Å²) in [7, 11) is -1.30. The van der Waals surface area contributed by atoms with Gasteiger partial charge in [0, 0.05) is 20.5 Å². The molecule has 6 heteroatoms. The molecule has 128 valence electrons. The fourth-order valence-electron chi connectivity index (χ4n) is 2.16. The van der Waals surface area contributed by atoms with Crippen molar-refractivity contribution in [3.05, 3.63) is 35.9 Å². The zero-order valence-corrected chi connectivity index (χ0v) is 14.8. The summed E-state index contributed by atoms with van der Waals surface area (Å²) in [6, 6.07) is 8.57. The van der Waals surface area contributed by atoms with E-state index in [2.05, 4.69) is 4.72 Å². The maximum absolute atomic E-state index is 12.2. The van der Waals surface area contributed by atoms with Crippen molar-refractivity contribution >= 4 is 17.1 Å². The van der Waals surface area contributed by atoms with Crippen LogP contribution in [-0.4, -0.2) is 39.1 Å². The largest absolute Gasteiger partial charge is 0.445 e. The number of hydrogen-bond donors (Lipinski definition) is 1. The van der Waals surface area contributed by atoms with Gasteiger partial charge in [0.15, 0.2) is 0 Å². The van der Waals surface area contributed by atoms with Gasteiger partial charge in [-0.1, -0.05) is 30.3 Å².